The zero-order chi connectivity index (χ0) is 17.8. The minimum absolute atomic E-state index is 0.331. The summed E-state index contributed by atoms with van der Waals surface area (Å²) in [6.45, 7) is 11.7. The van der Waals surface area contributed by atoms with Crippen LogP contribution < -0.4 is 10.2 Å². The molecule has 3 rings (SSSR count). The number of nitrogens with zero attached hydrogens (tertiary/aromatic N) is 3. The largest absolute Gasteiger partial charge is 0.354 e. The maximum atomic E-state index is 4.67. The summed E-state index contributed by atoms with van der Waals surface area (Å²) in [5.41, 5.74) is 5.27. The Morgan fingerprint density at radius 2 is 1.84 bits per heavy atom. The van der Waals surface area contributed by atoms with Gasteiger partial charge in [0.2, 0.25) is 0 Å². The maximum absolute atomic E-state index is 4.67. The summed E-state index contributed by atoms with van der Waals surface area (Å²) in [6.07, 6.45) is 2.01. The molecule has 1 aromatic carbocycles. The molecule has 0 amide bonds. The molecule has 0 radical (unpaired) electrons. The van der Waals surface area contributed by atoms with Crippen molar-refractivity contribution in [3.63, 3.8) is 0 Å². The van der Waals surface area contributed by atoms with E-state index in [0.29, 0.717) is 6.04 Å². The Morgan fingerprint density at radius 1 is 1.08 bits per heavy atom. The van der Waals surface area contributed by atoms with Crippen LogP contribution in [0.2, 0.25) is 0 Å². The van der Waals surface area contributed by atoms with Crippen molar-refractivity contribution in [1.29, 1.82) is 0 Å². The first kappa shape index (κ1) is 17.9. The van der Waals surface area contributed by atoms with Crippen molar-refractivity contribution < 1.29 is 0 Å². The van der Waals surface area contributed by atoms with Crippen LogP contribution in [0.3, 0.4) is 0 Å². The van der Waals surface area contributed by atoms with Crippen LogP contribution in [-0.2, 0) is 6.54 Å². The van der Waals surface area contributed by atoms with E-state index in [2.05, 4.69) is 78.3 Å². The summed E-state index contributed by atoms with van der Waals surface area (Å²) < 4.78 is 0. The molecule has 1 atom stereocenters. The molecule has 1 aliphatic heterocycles. The van der Waals surface area contributed by atoms with Gasteiger partial charge >= 0.3 is 0 Å². The number of aromatic nitrogens is 1. The predicted octanol–water partition coefficient (Wildman–Crippen LogP) is 3.30. The van der Waals surface area contributed by atoms with Crippen LogP contribution in [0.5, 0.6) is 0 Å². The monoisotopic (exact) mass is 338 g/mol. The number of pyridine rings is 1. The molecule has 1 aliphatic rings. The Labute approximate surface area is 151 Å². The lowest BCUT2D eigenvalue weighted by molar-refractivity contribution is 0.312. The van der Waals surface area contributed by atoms with Gasteiger partial charge in [-0.1, -0.05) is 29.8 Å². The van der Waals surface area contributed by atoms with Crippen molar-refractivity contribution in [2.75, 3.05) is 38.1 Å². The van der Waals surface area contributed by atoms with Gasteiger partial charge in [0.25, 0.3) is 0 Å². The molecule has 0 saturated carbocycles. The van der Waals surface area contributed by atoms with Crippen LogP contribution >= 0.6 is 0 Å². The minimum atomic E-state index is 0.331. The summed E-state index contributed by atoms with van der Waals surface area (Å²) in [5.74, 6) is 1.10. The number of hydrogen-bond donors (Lipinski definition) is 1. The normalized spacial score (nSPS) is 16.9. The number of piperazine rings is 1. The van der Waals surface area contributed by atoms with Crippen LogP contribution in [0.15, 0.2) is 36.5 Å². The fraction of sp³-hybridized carbons (Fsp3) is 0.476. The van der Waals surface area contributed by atoms with Gasteiger partial charge in [-0.25, -0.2) is 4.98 Å². The molecule has 4 heteroatoms. The van der Waals surface area contributed by atoms with Crippen LogP contribution in [0.1, 0.15) is 35.2 Å². The fourth-order valence-electron chi connectivity index (χ4n) is 3.44. The van der Waals surface area contributed by atoms with Gasteiger partial charge in [-0.3, -0.25) is 0 Å². The molecule has 4 nitrogen and oxygen atoms in total. The van der Waals surface area contributed by atoms with Crippen molar-refractivity contribution in [3.8, 4) is 0 Å². The minimum Gasteiger partial charge on any atom is -0.354 e. The summed E-state index contributed by atoms with van der Waals surface area (Å²) in [5, 5.41) is 3.62. The third-order valence-corrected chi connectivity index (χ3v) is 5.14. The number of aryl methyl sites for hydroxylation is 2. The molecular formula is C21H30N4. The Kier molecular flexibility index (Phi) is 5.71. The van der Waals surface area contributed by atoms with E-state index < -0.39 is 0 Å². The highest BCUT2D eigenvalue weighted by molar-refractivity contribution is 5.40. The predicted molar refractivity (Wildman–Crippen MR) is 105 cm³/mol. The van der Waals surface area contributed by atoms with E-state index in [1.807, 2.05) is 6.20 Å². The second-order valence-electron chi connectivity index (χ2n) is 7.28. The van der Waals surface area contributed by atoms with Crippen LogP contribution in [0.4, 0.5) is 5.82 Å². The van der Waals surface area contributed by atoms with E-state index in [0.717, 1.165) is 38.5 Å². The zero-order valence-electron chi connectivity index (χ0n) is 15.9. The summed E-state index contributed by atoms with van der Waals surface area (Å²) in [7, 11) is 2.18. The highest BCUT2D eigenvalue weighted by Gasteiger charge is 2.15. The summed E-state index contributed by atoms with van der Waals surface area (Å²) in [4.78, 5) is 9.41. The first-order valence-electron chi connectivity index (χ1n) is 9.22. The van der Waals surface area contributed by atoms with Crippen molar-refractivity contribution in [2.45, 2.75) is 33.4 Å². The average Bonchev–Trinajstić information content (AvgIpc) is 2.61. The molecule has 1 unspecified atom stereocenters. The molecule has 0 aliphatic carbocycles. The molecule has 1 fully saturated rings. The van der Waals surface area contributed by atoms with Gasteiger partial charge in [0.05, 0.1) is 0 Å². The lowest BCUT2D eigenvalue weighted by Crippen LogP contribution is -2.44. The van der Waals surface area contributed by atoms with E-state index in [4.69, 9.17) is 0 Å². The van der Waals surface area contributed by atoms with Crippen LogP contribution in [-0.4, -0.2) is 43.1 Å². The SMILES string of the molecule is Cc1ccc(C(C)NCc2ccc(N3CCN(C)CC3)nc2)c(C)c1. The first-order chi connectivity index (χ1) is 12.0. The summed E-state index contributed by atoms with van der Waals surface area (Å²) in [6, 6.07) is 11.4. The molecule has 0 bridgehead atoms. The van der Waals surface area contributed by atoms with E-state index in [9.17, 15) is 0 Å². The molecule has 1 saturated heterocycles. The molecule has 25 heavy (non-hydrogen) atoms. The molecule has 0 spiro atoms. The second-order valence-corrected chi connectivity index (χ2v) is 7.28. The standard InChI is InChI=1S/C21H30N4/c1-16-5-7-20(17(2)13-16)18(3)22-14-19-6-8-21(23-15-19)25-11-9-24(4)10-12-25/h5-8,13,15,18,22H,9-12,14H2,1-4H3. The topological polar surface area (TPSA) is 31.4 Å². The van der Waals surface area contributed by atoms with E-state index in [1.165, 1.54) is 22.3 Å². The zero-order valence-corrected chi connectivity index (χ0v) is 15.9. The molecule has 1 aromatic heterocycles. The number of hydrogen-bond acceptors (Lipinski definition) is 4. The molecule has 1 N–H and O–H groups in total. The smallest absolute Gasteiger partial charge is 0.128 e. The second kappa shape index (κ2) is 7.98. The highest BCUT2D eigenvalue weighted by atomic mass is 15.3. The maximum Gasteiger partial charge on any atom is 0.128 e. The van der Waals surface area contributed by atoms with E-state index in [1.54, 1.807) is 0 Å². The fourth-order valence-corrected chi connectivity index (χ4v) is 3.44. The Bertz CT molecular complexity index is 688. The van der Waals surface area contributed by atoms with Gasteiger partial charge in [-0.15, -0.1) is 0 Å². The Balaban J connectivity index is 1.56. The first-order valence-corrected chi connectivity index (χ1v) is 9.22. The van der Waals surface area contributed by atoms with Gasteiger partial charge in [0, 0.05) is 45.0 Å². The van der Waals surface area contributed by atoms with Crippen molar-refractivity contribution in [2.24, 2.45) is 0 Å². The average molecular weight is 338 g/mol. The van der Waals surface area contributed by atoms with Crippen molar-refractivity contribution >= 4 is 5.82 Å². The molecule has 134 valence electrons. The lowest BCUT2D eigenvalue weighted by atomic mass is 10.0. The molecule has 2 aromatic rings. The number of benzene rings is 1. The Morgan fingerprint density at radius 3 is 2.48 bits per heavy atom. The van der Waals surface area contributed by atoms with Crippen molar-refractivity contribution in [3.05, 3.63) is 58.8 Å². The van der Waals surface area contributed by atoms with Gasteiger partial charge in [-0.05, 0) is 50.6 Å². The van der Waals surface area contributed by atoms with Crippen molar-refractivity contribution in [1.82, 2.24) is 15.2 Å². The van der Waals surface area contributed by atoms with E-state index in [-0.39, 0.29) is 0 Å². The highest BCUT2D eigenvalue weighted by Crippen LogP contribution is 2.19. The lowest BCUT2D eigenvalue weighted by Gasteiger charge is -2.33. The van der Waals surface area contributed by atoms with Crippen LogP contribution in [0, 0.1) is 13.8 Å². The quantitative estimate of drug-likeness (QED) is 0.906. The van der Waals surface area contributed by atoms with Gasteiger partial charge < -0.3 is 15.1 Å². The van der Waals surface area contributed by atoms with Gasteiger partial charge in [-0.2, -0.15) is 0 Å². The summed E-state index contributed by atoms with van der Waals surface area (Å²) >= 11 is 0. The molecular weight excluding hydrogens is 308 g/mol. The molecule has 2 heterocycles. The third-order valence-electron chi connectivity index (χ3n) is 5.14. The number of likely N-dealkylation sites (N-methyl/N-ethyl adjacent to an activating group) is 1. The Hall–Kier alpha value is -1.91. The van der Waals surface area contributed by atoms with Crippen LogP contribution in [0.25, 0.3) is 0 Å². The number of anilines is 1. The third kappa shape index (κ3) is 4.59. The van der Waals surface area contributed by atoms with Gasteiger partial charge in [0.15, 0.2) is 0 Å². The number of nitrogens with one attached hydrogen (secondary N) is 1. The number of rotatable bonds is 5. The van der Waals surface area contributed by atoms with Gasteiger partial charge in [0.1, 0.15) is 5.82 Å². The van der Waals surface area contributed by atoms with E-state index >= 15 is 0 Å².